The maximum absolute atomic E-state index is 13.1. The standard InChI is InChI=1S/C23H19NO6/c1-2-11-28-16-9-7-15(8-10-16)20-19(21(25)18-6-4-13-30-18)22(26)23(27)24(20)14-17-5-3-12-29-17/h2-10,12-13,20,26H,1,11,14H2. The first-order chi connectivity index (χ1) is 14.6. The molecule has 7 heteroatoms. The number of ketones is 1. The number of rotatable bonds is 8. The molecule has 0 saturated heterocycles. The zero-order valence-electron chi connectivity index (χ0n) is 16.0. The highest BCUT2D eigenvalue weighted by Gasteiger charge is 2.44. The fourth-order valence-electron chi connectivity index (χ4n) is 3.41. The minimum Gasteiger partial charge on any atom is -0.503 e. The SMILES string of the molecule is C=CCOc1ccc(C2C(C(=O)c3ccco3)=C(O)C(=O)N2Cc2ccco2)cc1. The minimum atomic E-state index is -0.811. The number of ether oxygens (including phenoxy) is 1. The van der Waals surface area contributed by atoms with Crippen molar-refractivity contribution in [1.82, 2.24) is 4.90 Å². The number of aliphatic hydroxyl groups excluding tert-OH is 1. The van der Waals surface area contributed by atoms with Gasteiger partial charge in [0.2, 0.25) is 5.78 Å². The average Bonchev–Trinajstić information content (AvgIpc) is 3.51. The lowest BCUT2D eigenvalue weighted by atomic mass is 9.95. The van der Waals surface area contributed by atoms with Crippen molar-refractivity contribution in [1.29, 1.82) is 0 Å². The molecule has 3 aromatic rings. The third-order valence-electron chi connectivity index (χ3n) is 4.76. The maximum atomic E-state index is 13.1. The fourth-order valence-corrected chi connectivity index (χ4v) is 3.41. The molecular formula is C23H19NO6. The van der Waals surface area contributed by atoms with Gasteiger partial charge in [-0.15, -0.1) is 0 Å². The summed E-state index contributed by atoms with van der Waals surface area (Å²) in [5.41, 5.74) is 0.598. The van der Waals surface area contributed by atoms with Gasteiger partial charge in [-0.2, -0.15) is 0 Å². The number of hydrogen-bond donors (Lipinski definition) is 1. The molecule has 3 heterocycles. The van der Waals surface area contributed by atoms with Gasteiger partial charge in [-0.25, -0.2) is 0 Å². The quantitative estimate of drug-likeness (QED) is 0.446. The van der Waals surface area contributed by atoms with Gasteiger partial charge in [0.25, 0.3) is 5.91 Å². The van der Waals surface area contributed by atoms with Crippen LogP contribution in [0.25, 0.3) is 0 Å². The molecule has 4 rings (SSSR count). The van der Waals surface area contributed by atoms with Gasteiger partial charge < -0.3 is 23.6 Å². The van der Waals surface area contributed by atoms with E-state index in [1.165, 1.54) is 23.5 Å². The van der Waals surface area contributed by atoms with Crippen molar-refractivity contribution >= 4 is 11.7 Å². The molecule has 1 aliphatic rings. The summed E-state index contributed by atoms with van der Waals surface area (Å²) in [4.78, 5) is 27.3. The van der Waals surface area contributed by atoms with E-state index in [2.05, 4.69) is 6.58 Å². The van der Waals surface area contributed by atoms with Crippen molar-refractivity contribution in [2.24, 2.45) is 0 Å². The number of furan rings is 2. The lowest BCUT2D eigenvalue weighted by Crippen LogP contribution is -2.30. The lowest BCUT2D eigenvalue weighted by Gasteiger charge is -2.26. The molecule has 2 aromatic heterocycles. The van der Waals surface area contributed by atoms with Gasteiger partial charge in [-0.05, 0) is 42.0 Å². The molecule has 0 spiro atoms. The molecule has 1 unspecified atom stereocenters. The van der Waals surface area contributed by atoms with Gasteiger partial charge in [-0.1, -0.05) is 24.8 Å². The van der Waals surface area contributed by atoms with E-state index in [4.69, 9.17) is 13.6 Å². The van der Waals surface area contributed by atoms with Gasteiger partial charge >= 0.3 is 0 Å². The molecule has 1 N–H and O–H groups in total. The molecule has 0 radical (unpaired) electrons. The van der Waals surface area contributed by atoms with Crippen molar-refractivity contribution in [3.8, 4) is 5.75 Å². The molecule has 1 aliphatic heterocycles. The lowest BCUT2D eigenvalue weighted by molar-refractivity contribution is -0.130. The van der Waals surface area contributed by atoms with Crippen LogP contribution in [0.1, 0.15) is 27.9 Å². The van der Waals surface area contributed by atoms with Crippen LogP contribution < -0.4 is 4.74 Å². The highest BCUT2D eigenvalue weighted by Crippen LogP contribution is 2.40. The zero-order chi connectivity index (χ0) is 21.1. The number of nitrogens with zero attached hydrogens (tertiary/aromatic N) is 1. The first-order valence-corrected chi connectivity index (χ1v) is 9.28. The van der Waals surface area contributed by atoms with Gasteiger partial charge in [0.05, 0.1) is 30.7 Å². The first kappa shape index (κ1) is 19.3. The van der Waals surface area contributed by atoms with Crippen LogP contribution in [-0.2, 0) is 11.3 Å². The molecule has 0 bridgehead atoms. The molecular weight excluding hydrogens is 386 g/mol. The fraction of sp³-hybridized carbons (Fsp3) is 0.130. The third-order valence-corrected chi connectivity index (χ3v) is 4.76. The van der Waals surface area contributed by atoms with Crippen LogP contribution in [0.3, 0.4) is 0 Å². The van der Waals surface area contributed by atoms with Crippen LogP contribution in [0.15, 0.2) is 93.9 Å². The van der Waals surface area contributed by atoms with Crippen molar-refractivity contribution in [3.05, 3.63) is 102 Å². The number of aliphatic hydroxyl groups is 1. The summed E-state index contributed by atoms with van der Waals surface area (Å²) in [5, 5.41) is 10.6. The Bertz CT molecular complexity index is 1080. The van der Waals surface area contributed by atoms with E-state index in [9.17, 15) is 14.7 Å². The second-order valence-corrected chi connectivity index (χ2v) is 6.65. The van der Waals surface area contributed by atoms with Gasteiger partial charge in [0.15, 0.2) is 11.5 Å². The van der Waals surface area contributed by atoms with E-state index < -0.39 is 23.5 Å². The van der Waals surface area contributed by atoms with E-state index in [-0.39, 0.29) is 17.9 Å². The number of carbonyl (C=O) groups is 2. The molecule has 1 atom stereocenters. The highest BCUT2D eigenvalue weighted by molar-refractivity contribution is 6.14. The Hall–Kier alpha value is -4.00. The second kappa shape index (κ2) is 8.16. The van der Waals surface area contributed by atoms with Crippen LogP contribution in [-0.4, -0.2) is 28.3 Å². The molecule has 7 nitrogen and oxygen atoms in total. The average molecular weight is 405 g/mol. The summed E-state index contributed by atoms with van der Waals surface area (Å²) < 4.78 is 16.1. The monoisotopic (exact) mass is 405 g/mol. The smallest absolute Gasteiger partial charge is 0.290 e. The molecule has 1 aromatic carbocycles. The van der Waals surface area contributed by atoms with Crippen molar-refractivity contribution in [2.75, 3.05) is 6.61 Å². The van der Waals surface area contributed by atoms with E-state index in [1.54, 1.807) is 48.5 Å². The van der Waals surface area contributed by atoms with Gasteiger partial charge in [0, 0.05) is 0 Å². The summed E-state index contributed by atoms with van der Waals surface area (Å²) >= 11 is 0. The Kier molecular flexibility index (Phi) is 5.26. The van der Waals surface area contributed by atoms with Gasteiger partial charge in [0.1, 0.15) is 18.1 Å². The number of amides is 1. The molecule has 0 saturated carbocycles. The van der Waals surface area contributed by atoms with Crippen molar-refractivity contribution in [3.63, 3.8) is 0 Å². The van der Waals surface area contributed by atoms with E-state index >= 15 is 0 Å². The van der Waals surface area contributed by atoms with E-state index in [0.29, 0.717) is 23.7 Å². The summed E-state index contributed by atoms with van der Waals surface area (Å²) in [6.07, 6.45) is 4.50. The molecule has 30 heavy (non-hydrogen) atoms. The van der Waals surface area contributed by atoms with Gasteiger partial charge in [-0.3, -0.25) is 9.59 Å². The Morgan fingerprint density at radius 1 is 1.13 bits per heavy atom. The molecule has 0 fully saturated rings. The predicted octanol–water partition coefficient (Wildman–Crippen LogP) is 4.22. The zero-order valence-corrected chi connectivity index (χ0v) is 16.0. The number of carbonyl (C=O) groups excluding carboxylic acids is 2. The second-order valence-electron chi connectivity index (χ2n) is 6.65. The van der Waals surface area contributed by atoms with Crippen molar-refractivity contribution < 1.29 is 28.3 Å². The van der Waals surface area contributed by atoms with E-state index in [1.807, 2.05) is 0 Å². The molecule has 152 valence electrons. The van der Waals surface area contributed by atoms with Crippen LogP contribution in [0.5, 0.6) is 5.75 Å². The van der Waals surface area contributed by atoms with E-state index in [0.717, 1.165) is 0 Å². The Morgan fingerprint density at radius 2 is 1.87 bits per heavy atom. The topological polar surface area (TPSA) is 93.1 Å². The summed E-state index contributed by atoms with van der Waals surface area (Å²) in [7, 11) is 0. The third kappa shape index (κ3) is 3.53. The maximum Gasteiger partial charge on any atom is 0.290 e. The molecule has 0 aliphatic carbocycles. The Balaban J connectivity index is 1.74. The number of Topliss-reactive ketones (excluding diaryl/α,β-unsaturated/α-hetero) is 1. The summed E-state index contributed by atoms with van der Waals surface area (Å²) in [6, 6.07) is 12.7. The van der Waals surface area contributed by atoms with Crippen LogP contribution >= 0.6 is 0 Å². The summed E-state index contributed by atoms with van der Waals surface area (Å²) in [6.45, 7) is 4.06. The number of hydrogen-bond acceptors (Lipinski definition) is 6. The normalized spacial score (nSPS) is 16.2. The van der Waals surface area contributed by atoms with Crippen LogP contribution in [0.2, 0.25) is 0 Å². The Morgan fingerprint density at radius 3 is 2.50 bits per heavy atom. The number of benzene rings is 1. The molecule has 1 amide bonds. The van der Waals surface area contributed by atoms with Crippen molar-refractivity contribution in [2.45, 2.75) is 12.6 Å². The predicted molar refractivity (Wildman–Crippen MR) is 107 cm³/mol. The highest BCUT2D eigenvalue weighted by atomic mass is 16.5. The summed E-state index contributed by atoms with van der Waals surface area (Å²) in [5.74, 6) is -0.616. The Labute approximate surface area is 172 Å². The first-order valence-electron chi connectivity index (χ1n) is 9.28. The largest absolute Gasteiger partial charge is 0.503 e. The van der Waals surface area contributed by atoms with Crippen LogP contribution in [0.4, 0.5) is 0 Å². The minimum absolute atomic E-state index is 0.0405. The van der Waals surface area contributed by atoms with Crippen LogP contribution in [0, 0.1) is 0 Å².